The summed E-state index contributed by atoms with van der Waals surface area (Å²) >= 11 is 5.56. The highest BCUT2D eigenvalue weighted by molar-refractivity contribution is 6.29. The van der Waals surface area contributed by atoms with Gasteiger partial charge >= 0.3 is 5.97 Å². The molecular formula is C8H9ClN2O2. The quantitative estimate of drug-likeness (QED) is 0.552. The van der Waals surface area contributed by atoms with Crippen LogP contribution in [0.1, 0.15) is 19.8 Å². The Morgan fingerprint density at radius 3 is 3.00 bits per heavy atom. The largest absolute Gasteiger partial charge is 0.407 e. The minimum Gasteiger partial charge on any atom is -0.407 e. The molecule has 0 amide bonds. The molecule has 0 fully saturated rings. The maximum absolute atomic E-state index is 11.0. The highest BCUT2D eigenvalue weighted by Gasteiger charge is 2.04. The molecule has 0 radical (unpaired) electrons. The van der Waals surface area contributed by atoms with E-state index in [1.807, 2.05) is 6.92 Å². The SMILES string of the molecule is CCCC(=O)Oc1cc(Cl)ncn1. The normalized spacial score (nSPS) is 9.69. The van der Waals surface area contributed by atoms with Gasteiger partial charge in [-0.05, 0) is 6.42 Å². The summed E-state index contributed by atoms with van der Waals surface area (Å²) in [5.74, 6) is -0.115. The molecule has 1 heterocycles. The van der Waals surface area contributed by atoms with Gasteiger partial charge in [0.15, 0.2) is 0 Å². The molecule has 4 nitrogen and oxygen atoms in total. The van der Waals surface area contributed by atoms with Crippen LogP contribution in [0.25, 0.3) is 0 Å². The summed E-state index contributed by atoms with van der Waals surface area (Å²) in [6.45, 7) is 1.90. The molecule has 0 aromatic carbocycles. The molecule has 0 spiro atoms. The number of carbonyl (C=O) groups excluding carboxylic acids is 1. The molecule has 0 N–H and O–H groups in total. The van der Waals surface area contributed by atoms with E-state index < -0.39 is 0 Å². The average molecular weight is 201 g/mol. The first kappa shape index (κ1) is 9.92. The minimum absolute atomic E-state index is 0.193. The summed E-state index contributed by atoms with van der Waals surface area (Å²) < 4.78 is 4.86. The number of hydrogen-bond donors (Lipinski definition) is 0. The molecule has 0 bridgehead atoms. The van der Waals surface area contributed by atoms with Crippen LogP contribution in [0.5, 0.6) is 5.88 Å². The number of ether oxygens (including phenoxy) is 1. The Labute approximate surface area is 80.9 Å². The topological polar surface area (TPSA) is 52.1 Å². The summed E-state index contributed by atoms with van der Waals surface area (Å²) in [5, 5.41) is 0.259. The van der Waals surface area contributed by atoms with Crippen molar-refractivity contribution in [2.24, 2.45) is 0 Å². The molecule has 0 aliphatic heterocycles. The van der Waals surface area contributed by atoms with E-state index in [1.165, 1.54) is 12.4 Å². The molecule has 0 aliphatic rings. The molecule has 0 atom stereocenters. The molecule has 0 saturated heterocycles. The number of esters is 1. The fourth-order valence-corrected chi connectivity index (χ4v) is 0.882. The van der Waals surface area contributed by atoms with Gasteiger partial charge in [0.1, 0.15) is 11.5 Å². The van der Waals surface area contributed by atoms with E-state index in [4.69, 9.17) is 16.3 Å². The van der Waals surface area contributed by atoms with Gasteiger partial charge in [-0.25, -0.2) is 9.97 Å². The number of aromatic nitrogens is 2. The Bertz CT molecular complexity index is 304. The highest BCUT2D eigenvalue weighted by atomic mass is 35.5. The summed E-state index contributed by atoms with van der Waals surface area (Å²) in [4.78, 5) is 18.4. The van der Waals surface area contributed by atoms with Crippen LogP contribution in [0.3, 0.4) is 0 Å². The molecule has 5 heteroatoms. The second-order valence-electron chi connectivity index (χ2n) is 2.40. The highest BCUT2D eigenvalue weighted by Crippen LogP contribution is 2.11. The van der Waals surface area contributed by atoms with Crippen LogP contribution in [0.2, 0.25) is 5.15 Å². The number of carbonyl (C=O) groups is 1. The zero-order chi connectivity index (χ0) is 9.68. The van der Waals surface area contributed by atoms with Crippen molar-refractivity contribution in [1.29, 1.82) is 0 Å². The summed E-state index contributed by atoms with van der Waals surface area (Å²) in [6, 6.07) is 1.40. The van der Waals surface area contributed by atoms with Crippen LogP contribution in [0, 0.1) is 0 Å². The van der Waals surface area contributed by atoms with E-state index >= 15 is 0 Å². The monoisotopic (exact) mass is 200 g/mol. The van der Waals surface area contributed by atoms with Gasteiger partial charge in [0.25, 0.3) is 0 Å². The smallest absolute Gasteiger partial charge is 0.312 e. The lowest BCUT2D eigenvalue weighted by Crippen LogP contribution is -2.07. The first-order valence-electron chi connectivity index (χ1n) is 3.90. The van der Waals surface area contributed by atoms with Gasteiger partial charge in [-0.3, -0.25) is 4.79 Å². The second-order valence-corrected chi connectivity index (χ2v) is 2.79. The van der Waals surface area contributed by atoms with Crippen molar-refractivity contribution in [3.8, 4) is 5.88 Å². The zero-order valence-corrected chi connectivity index (χ0v) is 7.91. The number of nitrogens with zero attached hydrogens (tertiary/aromatic N) is 2. The first-order valence-corrected chi connectivity index (χ1v) is 4.28. The number of rotatable bonds is 3. The van der Waals surface area contributed by atoms with Crippen molar-refractivity contribution in [2.45, 2.75) is 19.8 Å². The van der Waals surface area contributed by atoms with E-state index in [1.54, 1.807) is 0 Å². The van der Waals surface area contributed by atoms with Crippen molar-refractivity contribution in [3.63, 3.8) is 0 Å². The Morgan fingerprint density at radius 1 is 1.62 bits per heavy atom. The van der Waals surface area contributed by atoms with Crippen molar-refractivity contribution >= 4 is 17.6 Å². The van der Waals surface area contributed by atoms with Gasteiger partial charge in [-0.1, -0.05) is 18.5 Å². The third kappa shape index (κ3) is 3.38. The van der Waals surface area contributed by atoms with Gasteiger partial charge < -0.3 is 4.74 Å². The zero-order valence-electron chi connectivity index (χ0n) is 7.16. The number of hydrogen-bond acceptors (Lipinski definition) is 4. The van der Waals surface area contributed by atoms with Crippen LogP contribution >= 0.6 is 11.6 Å². The van der Waals surface area contributed by atoms with E-state index in [0.29, 0.717) is 6.42 Å². The fraction of sp³-hybridized carbons (Fsp3) is 0.375. The molecular weight excluding hydrogens is 192 g/mol. The third-order valence-electron chi connectivity index (χ3n) is 1.28. The summed E-state index contributed by atoms with van der Waals surface area (Å²) in [6.07, 6.45) is 2.37. The van der Waals surface area contributed by atoms with Gasteiger partial charge in [0.05, 0.1) is 0 Å². The molecule has 0 unspecified atom stereocenters. The molecule has 0 saturated carbocycles. The van der Waals surface area contributed by atoms with Gasteiger partial charge in [0.2, 0.25) is 5.88 Å². The maximum atomic E-state index is 11.0. The molecule has 13 heavy (non-hydrogen) atoms. The average Bonchev–Trinajstić information content (AvgIpc) is 2.04. The Balaban J connectivity index is 2.58. The molecule has 70 valence electrons. The standard InChI is InChI=1S/C8H9ClN2O2/c1-2-3-8(12)13-7-4-6(9)10-5-11-7/h4-5H,2-3H2,1H3. The molecule has 1 aromatic heterocycles. The second kappa shape index (κ2) is 4.77. The number of halogens is 1. The van der Waals surface area contributed by atoms with Crippen molar-refractivity contribution in [1.82, 2.24) is 9.97 Å². The predicted octanol–water partition coefficient (Wildman–Crippen LogP) is 1.84. The van der Waals surface area contributed by atoms with Crippen LogP contribution in [0.4, 0.5) is 0 Å². The molecule has 1 rings (SSSR count). The van der Waals surface area contributed by atoms with Crippen LogP contribution < -0.4 is 4.74 Å². The summed E-state index contributed by atoms with van der Waals surface area (Å²) in [5.41, 5.74) is 0. The lowest BCUT2D eigenvalue weighted by molar-refractivity contribution is -0.134. The van der Waals surface area contributed by atoms with Gasteiger partial charge in [-0.2, -0.15) is 0 Å². The van der Waals surface area contributed by atoms with Crippen LogP contribution in [0.15, 0.2) is 12.4 Å². The Kier molecular flexibility index (Phi) is 3.64. The van der Waals surface area contributed by atoms with Crippen molar-refractivity contribution in [3.05, 3.63) is 17.5 Å². The minimum atomic E-state index is -0.308. The van der Waals surface area contributed by atoms with Crippen molar-refractivity contribution in [2.75, 3.05) is 0 Å². The van der Waals surface area contributed by atoms with Gasteiger partial charge in [0, 0.05) is 12.5 Å². The van der Waals surface area contributed by atoms with E-state index in [9.17, 15) is 4.79 Å². The maximum Gasteiger partial charge on any atom is 0.312 e. The van der Waals surface area contributed by atoms with E-state index in [-0.39, 0.29) is 17.0 Å². The molecule has 0 aliphatic carbocycles. The van der Waals surface area contributed by atoms with E-state index in [2.05, 4.69) is 9.97 Å². The summed E-state index contributed by atoms with van der Waals surface area (Å²) in [7, 11) is 0. The van der Waals surface area contributed by atoms with Crippen molar-refractivity contribution < 1.29 is 9.53 Å². The fourth-order valence-electron chi connectivity index (χ4n) is 0.745. The van der Waals surface area contributed by atoms with E-state index in [0.717, 1.165) is 6.42 Å². The lowest BCUT2D eigenvalue weighted by atomic mass is 10.3. The van der Waals surface area contributed by atoms with Gasteiger partial charge in [-0.15, -0.1) is 0 Å². The Morgan fingerprint density at radius 2 is 2.38 bits per heavy atom. The first-order chi connectivity index (χ1) is 6.22. The lowest BCUT2D eigenvalue weighted by Gasteiger charge is -2.00. The third-order valence-corrected chi connectivity index (χ3v) is 1.49. The predicted molar refractivity (Wildman–Crippen MR) is 47.6 cm³/mol. The van der Waals surface area contributed by atoms with Crippen LogP contribution in [-0.2, 0) is 4.79 Å². The molecule has 1 aromatic rings. The van der Waals surface area contributed by atoms with Crippen LogP contribution in [-0.4, -0.2) is 15.9 Å². The Hall–Kier alpha value is -1.16.